The van der Waals surface area contributed by atoms with Crippen LogP contribution in [0.4, 0.5) is 10.1 Å². The van der Waals surface area contributed by atoms with Crippen LogP contribution in [0.3, 0.4) is 0 Å². The van der Waals surface area contributed by atoms with Crippen LogP contribution in [0.1, 0.15) is 16.0 Å². The molecule has 152 valence electrons. The zero-order valence-electron chi connectivity index (χ0n) is 16.3. The number of nitrogens with one attached hydrogen (secondary N) is 2. The second-order valence-electron chi connectivity index (χ2n) is 6.44. The van der Waals surface area contributed by atoms with Gasteiger partial charge in [0.15, 0.2) is 0 Å². The number of hydrogen-bond acceptors (Lipinski definition) is 5. The Morgan fingerprint density at radius 1 is 1.17 bits per heavy atom. The van der Waals surface area contributed by atoms with E-state index in [2.05, 4.69) is 10.6 Å². The molecule has 0 aliphatic rings. The number of halogens is 1. The maximum Gasteiger partial charge on any atom is 0.264 e. The lowest BCUT2D eigenvalue weighted by Crippen LogP contribution is -2.25. The molecule has 0 saturated carbocycles. The lowest BCUT2D eigenvalue weighted by atomic mass is 10.2. The van der Waals surface area contributed by atoms with Gasteiger partial charge in [-0.25, -0.2) is 4.39 Å². The van der Waals surface area contributed by atoms with Crippen LogP contribution in [0.25, 0.3) is 0 Å². The molecule has 0 aliphatic carbocycles. The summed E-state index contributed by atoms with van der Waals surface area (Å²) in [6.07, 6.45) is 0. The Bertz CT molecular complexity index is 1090. The number of rotatable bonds is 8. The maximum atomic E-state index is 13.5. The number of thiophene rings is 1. The summed E-state index contributed by atoms with van der Waals surface area (Å²) in [5.41, 5.74) is 2.55. The largest absolute Gasteiger partial charge is 0.349 e. The van der Waals surface area contributed by atoms with Gasteiger partial charge in [-0.2, -0.15) is 5.26 Å². The predicted molar refractivity (Wildman–Crippen MR) is 121 cm³/mol. The number of thioether (sulfide) groups is 1. The summed E-state index contributed by atoms with van der Waals surface area (Å²) in [5.74, 6) is -0.358. The number of hydrogen-bond donors (Lipinski definition) is 2. The quantitative estimate of drug-likeness (QED) is 0.356. The minimum Gasteiger partial charge on any atom is -0.349 e. The van der Waals surface area contributed by atoms with E-state index in [9.17, 15) is 14.4 Å². The van der Waals surface area contributed by atoms with Crippen molar-refractivity contribution in [3.63, 3.8) is 0 Å². The highest BCUT2D eigenvalue weighted by Crippen LogP contribution is 2.28. The third-order valence-corrected chi connectivity index (χ3v) is 6.18. The number of aryl methyl sites for hydroxylation is 1. The van der Waals surface area contributed by atoms with Gasteiger partial charge in [-0.05, 0) is 47.7 Å². The van der Waals surface area contributed by atoms with Crippen molar-refractivity contribution in [3.8, 4) is 6.07 Å². The Labute approximate surface area is 183 Å². The number of carbonyl (C=O) groups is 1. The minimum absolute atomic E-state index is 0.00351. The minimum atomic E-state index is -0.450. The predicted octanol–water partition coefficient (Wildman–Crippen LogP) is 5.59. The zero-order valence-corrected chi connectivity index (χ0v) is 17.9. The normalized spacial score (nSPS) is 11.4. The first-order valence-corrected chi connectivity index (χ1v) is 11.1. The molecule has 1 amide bonds. The molecule has 0 unspecified atom stereocenters. The summed E-state index contributed by atoms with van der Waals surface area (Å²) in [7, 11) is 0. The smallest absolute Gasteiger partial charge is 0.264 e. The van der Waals surface area contributed by atoms with Gasteiger partial charge in [0.25, 0.3) is 5.91 Å². The first-order valence-electron chi connectivity index (χ1n) is 9.21. The topological polar surface area (TPSA) is 64.9 Å². The summed E-state index contributed by atoms with van der Waals surface area (Å²) < 4.78 is 13.5. The molecule has 0 saturated heterocycles. The van der Waals surface area contributed by atoms with E-state index in [-0.39, 0.29) is 11.4 Å². The number of anilines is 1. The second-order valence-corrected chi connectivity index (χ2v) is 8.45. The van der Waals surface area contributed by atoms with Crippen molar-refractivity contribution >= 4 is 34.7 Å². The van der Waals surface area contributed by atoms with Crippen molar-refractivity contribution in [1.29, 1.82) is 5.26 Å². The third-order valence-electron chi connectivity index (χ3n) is 4.23. The molecule has 0 atom stereocenters. The summed E-state index contributed by atoms with van der Waals surface area (Å²) in [6, 6.07) is 19.8. The molecule has 3 aromatic rings. The van der Waals surface area contributed by atoms with Gasteiger partial charge in [0.2, 0.25) is 0 Å². The lowest BCUT2D eigenvalue weighted by molar-refractivity contribution is -0.117. The highest BCUT2D eigenvalue weighted by molar-refractivity contribution is 8.02. The summed E-state index contributed by atoms with van der Waals surface area (Å²) >= 11 is 2.83. The van der Waals surface area contributed by atoms with Crippen LogP contribution in [-0.2, 0) is 17.1 Å². The first-order chi connectivity index (χ1) is 14.6. The molecular weight excluding hydrogens is 417 g/mol. The van der Waals surface area contributed by atoms with Crippen LogP contribution in [0.5, 0.6) is 0 Å². The molecule has 30 heavy (non-hydrogen) atoms. The molecular formula is C23H20FN3OS2. The van der Waals surface area contributed by atoms with Gasteiger partial charge in [0, 0.05) is 16.3 Å². The van der Waals surface area contributed by atoms with E-state index in [1.54, 1.807) is 6.07 Å². The Balaban J connectivity index is 1.85. The van der Waals surface area contributed by atoms with E-state index in [4.69, 9.17) is 0 Å². The highest BCUT2D eigenvalue weighted by atomic mass is 32.2. The lowest BCUT2D eigenvalue weighted by Gasteiger charge is -2.15. The molecule has 0 bridgehead atoms. The SMILES string of the molecule is Cc1ccccc1N/C(SCc1cccc(F)c1)=C(/C#N)C(=O)NCc1cccs1. The van der Waals surface area contributed by atoms with Crippen LogP contribution in [0, 0.1) is 24.1 Å². The van der Waals surface area contributed by atoms with E-state index in [1.165, 1.54) is 35.2 Å². The fourth-order valence-corrected chi connectivity index (χ4v) is 4.26. The van der Waals surface area contributed by atoms with E-state index >= 15 is 0 Å². The van der Waals surface area contributed by atoms with Crippen molar-refractivity contribution < 1.29 is 9.18 Å². The average Bonchev–Trinajstić information content (AvgIpc) is 3.26. The van der Waals surface area contributed by atoms with E-state index < -0.39 is 5.91 Å². The van der Waals surface area contributed by atoms with Gasteiger partial charge >= 0.3 is 0 Å². The van der Waals surface area contributed by atoms with Gasteiger partial charge < -0.3 is 10.6 Å². The molecule has 1 aromatic heterocycles. The Hall–Kier alpha value is -3.08. The maximum absolute atomic E-state index is 13.5. The van der Waals surface area contributed by atoms with Crippen molar-refractivity contribution in [2.45, 2.75) is 19.2 Å². The van der Waals surface area contributed by atoms with E-state index in [0.29, 0.717) is 17.3 Å². The number of nitriles is 1. The molecule has 0 aliphatic heterocycles. The molecule has 0 radical (unpaired) electrons. The van der Waals surface area contributed by atoms with Crippen molar-refractivity contribution in [1.82, 2.24) is 5.32 Å². The van der Waals surface area contributed by atoms with Gasteiger partial charge in [0.1, 0.15) is 17.5 Å². The monoisotopic (exact) mass is 437 g/mol. The van der Waals surface area contributed by atoms with Crippen molar-refractivity contribution in [2.24, 2.45) is 0 Å². The molecule has 0 spiro atoms. The molecule has 0 fully saturated rings. The molecule has 2 aromatic carbocycles. The Morgan fingerprint density at radius 2 is 2.00 bits per heavy atom. The second kappa shape index (κ2) is 10.6. The van der Waals surface area contributed by atoms with Gasteiger partial charge in [-0.15, -0.1) is 23.1 Å². The Kier molecular flexibility index (Phi) is 7.66. The molecule has 2 N–H and O–H groups in total. The van der Waals surface area contributed by atoms with E-state index in [0.717, 1.165) is 21.7 Å². The summed E-state index contributed by atoms with van der Waals surface area (Å²) in [5, 5.41) is 18.1. The zero-order chi connectivity index (χ0) is 21.3. The fraction of sp³-hybridized carbons (Fsp3) is 0.130. The first kappa shape index (κ1) is 21.6. The van der Waals surface area contributed by atoms with Crippen molar-refractivity contribution in [2.75, 3.05) is 5.32 Å². The van der Waals surface area contributed by atoms with Gasteiger partial charge in [0.05, 0.1) is 11.6 Å². The fourth-order valence-electron chi connectivity index (χ4n) is 2.66. The third kappa shape index (κ3) is 5.96. The number of nitrogens with zero attached hydrogens (tertiary/aromatic N) is 1. The average molecular weight is 438 g/mol. The van der Waals surface area contributed by atoms with Crippen LogP contribution in [0.15, 0.2) is 76.6 Å². The van der Waals surface area contributed by atoms with Crippen LogP contribution in [0.2, 0.25) is 0 Å². The van der Waals surface area contributed by atoms with Crippen LogP contribution < -0.4 is 10.6 Å². The van der Waals surface area contributed by atoms with Crippen LogP contribution in [-0.4, -0.2) is 5.91 Å². The summed E-state index contributed by atoms with van der Waals surface area (Å²) in [4.78, 5) is 13.8. The number of para-hydroxylation sites is 1. The van der Waals surface area contributed by atoms with Crippen molar-refractivity contribution in [3.05, 3.63) is 98.5 Å². The number of amides is 1. The van der Waals surface area contributed by atoms with Gasteiger partial charge in [-0.1, -0.05) is 36.4 Å². The molecule has 7 heteroatoms. The molecule has 4 nitrogen and oxygen atoms in total. The number of carbonyl (C=O) groups excluding carboxylic acids is 1. The Morgan fingerprint density at radius 3 is 2.70 bits per heavy atom. The standard InChI is InChI=1S/C23H20FN3OS2/c1-16-6-2-3-10-21(16)27-23(30-15-17-7-4-8-18(24)12-17)20(13-25)22(28)26-14-19-9-5-11-29-19/h2-12,27H,14-15H2,1H3,(H,26,28)/b23-20+. The highest BCUT2D eigenvalue weighted by Gasteiger charge is 2.17. The van der Waals surface area contributed by atoms with E-state index in [1.807, 2.05) is 60.8 Å². The summed E-state index contributed by atoms with van der Waals surface area (Å²) in [6.45, 7) is 2.30. The molecule has 1 heterocycles. The van der Waals surface area contributed by atoms with Gasteiger partial charge in [-0.3, -0.25) is 4.79 Å². The molecule has 3 rings (SSSR count). The van der Waals surface area contributed by atoms with Crippen LogP contribution >= 0.6 is 23.1 Å². The number of benzene rings is 2.